The van der Waals surface area contributed by atoms with Gasteiger partial charge in [-0.25, -0.2) is 14.8 Å². The Hall–Kier alpha value is -6.36. The van der Waals surface area contributed by atoms with Gasteiger partial charge in [0.05, 0.1) is 35.9 Å². The summed E-state index contributed by atoms with van der Waals surface area (Å²) in [4.78, 5) is 45.1. The Kier molecular flexibility index (Phi) is 9.84. The lowest BCUT2D eigenvalue weighted by molar-refractivity contribution is -0.135. The van der Waals surface area contributed by atoms with Crippen molar-refractivity contribution in [2.75, 3.05) is 13.1 Å². The Morgan fingerprint density at radius 1 is 0.745 bits per heavy atom. The second-order valence-electron chi connectivity index (χ2n) is 14.9. The molecule has 2 aliphatic heterocycles. The molecule has 5 N–H and O–H groups in total. The van der Waals surface area contributed by atoms with Gasteiger partial charge in [0.15, 0.2) is 0 Å². The van der Waals surface area contributed by atoms with Crippen molar-refractivity contribution in [2.45, 2.75) is 57.7 Å². The highest BCUT2D eigenvalue weighted by Crippen LogP contribution is 2.35. The third-order valence-corrected chi connectivity index (χ3v) is 10.9. The maximum absolute atomic E-state index is 13.4. The SMILES string of the molecule is CC(C)C(NC(=O)O)C(=O)N1CCCC1c1ncc(-c2ccc3cc(-c4ccc(-c5cnc(C6CCCN6C=C(O)c6ccccc6)[nH]5)cc4)ccc3c2)[nH]1. The largest absolute Gasteiger partial charge is 0.506 e. The van der Waals surface area contributed by atoms with Gasteiger partial charge in [-0.3, -0.25) is 4.79 Å². The van der Waals surface area contributed by atoms with E-state index in [1.165, 1.54) is 0 Å². The van der Waals surface area contributed by atoms with Crippen LogP contribution in [0.2, 0.25) is 0 Å². The molecule has 6 aromatic rings. The second kappa shape index (κ2) is 15.2. The molecule has 2 saturated heterocycles. The summed E-state index contributed by atoms with van der Waals surface area (Å²) >= 11 is 0. The number of nitrogens with zero attached hydrogens (tertiary/aromatic N) is 4. The quantitative estimate of drug-likeness (QED) is 0.0882. The van der Waals surface area contributed by atoms with Gasteiger partial charge >= 0.3 is 6.09 Å². The highest BCUT2D eigenvalue weighted by molar-refractivity contribution is 5.91. The van der Waals surface area contributed by atoms with Gasteiger partial charge in [-0.1, -0.05) is 92.7 Å². The van der Waals surface area contributed by atoms with E-state index in [4.69, 9.17) is 4.98 Å². The van der Waals surface area contributed by atoms with Crippen LogP contribution in [0, 0.1) is 5.92 Å². The first kappa shape index (κ1) is 35.7. The van der Waals surface area contributed by atoms with E-state index in [2.05, 4.69) is 85.8 Å². The highest BCUT2D eigenvalue weighted by atomic mass is 16.4. The normalized spacial score (nSPS) is 18.0. The molecule has 3 unspecified atom stereocenters. The van der Waals surface area contributed by atoms with Gasteiger partial charge in [-0.2, -0.15) is 0 Å². The van der Waals surface area contributed by atoms with Crippen LogP contribution >= 0.6 is 0 Å². The van der Waals surface area contributed by atoms with Gasteiger partial charge in [0, 0.05) is 30.4 Å². The average molecular weight is 736 g/mol. The molecule has 0 bridgehead atoms. The lowest BCUT2D eigenvalue weighted by Crippen LogP contribution is -2.50. The standard InChI is InChI=1S/C44H45N7O4/c1-27(2)40(49-44(54)55)43(53)51-21-7-11-38(51)42-46-25-36(48-42)34-19-18-32-22-31(16-17-33(32)23-34)28-12-14-29(15-13-28)35-24-45-41(47-35)37-10-6-20-50(37)26-39(52)30-8-4-3-5-9-30/h3-5,8-9,12-19,22-27,37-38,40,49,52H,6-7,10-11,20-21H2,1-2H3,(H,45,47)(H,46,48)(H,54,55). The van der Waals surface area contributed by atoms with Gasteiger partial charge in [0.1, 0.15) is 23.4 Å². The van der Waals surface area contributed by atoms with Crippen molar-refractivity contribution in [3.63, 3.8) is 0 Å². The van der Waals surface area contributed by atoms with E-state index in [9.17, 15) is 19.8 Å². The zero-order chi connectivity index (χ0) is 38.1. The maximum atomic E-state index is 13.4. The van der Waals surface area contributed by atoms with E-state index in [0.717, 1.165) is 88.0 Å². The zero-order valence-electron chi connectivity index (χ0n) is 30.9. The molecule has 2 fully saturated rings. The van der Waals surface area contributed by atoms with Gasteiger partial charge in [0.25, 0.3) is 0 Å². The minimum atomic E-state index is -1.20. The van der Waals surface area contributed by atoms with Crippen LogP contribution in [0.15, 0.2) is 110 Å². The average Bonchev–Trinajstić information content (AvgIpc) is 4.04. The number of amides is 2. The summed E-state index contributed by atoms with van der Waals surface area (Å²) < 4.78 is 0. The first-order valence-electron chi connectivity index (χ1n) is 19.0. The number of imidazole rings is 2. The van der Waals surface area contributed by atoms with Crippen molar-refractivity contribution in [3.8, 4) is 33.6 Å². The van der Waals surface area contributed by atoms with Crippen molar-refractivity contribution in [1.29, 1.82) is 0 Å². The molecule has 0 radical (unpaired) electrons. The molecule has 11 nitrogen and oxygen atoms in total. The number of hydrogen-bond acceptors (Lipinski definition) is 6. The number of carboxylic acid groups (broad SMARTS) is 1. The summed E-state index contributed by atoms with van der Waals surface area (Å²) in [6.07, 6.45) is 7.93. The van der Waals surface area contributed by atoms with E-state index in [0.29, 0.717) is 12.4 Å². The first-order valence-corrected chi connectivity index (χ1v) is 19.0. The predicted octanol–water partition coefficient (Wildman–Crippen LogP) is 8.94. The van der Waals surface area contributed by atoms with Crippen LogP contribution in [0.25, 0.3) is 50.2 Å². The van der Waals surface area contributed by atoms with E-state index in [1.54, 1.807) is 4.90 Å². The first-order chi connectivity index (χ1) is 26.7. The number of fused-ring (bicyclic) bond motifs is 1. The van der Waals surface area contributed by atoms with Gasteiger partial charge in [-0.05, 0) is 71.2 Å². The summed E-state index contributed by atoms with van der Waals surface area (Å²) in [5.74, 6) is 1.47. The van der Waals surface area contributed by atoms with Gasteiger partial charge in [0.2, 0.25) is 5.91 Å². The fourth-order valence-electron chi connectivity index (χ4n) is 7.96. The van der Waals surface area contributed by atoms with E-state index < -0.39 is 12.1 Å². The van der Waals surface area contributed by atoms with Crippen molar-refractivity contribution in [2.24, 2.45) is 5.92 Å². The molecule has 3 atom stereocenters. The highest BCUT2D eigenvalue weighted by Gasteiger charge is 2.37. The van der Waals surface area contributed by atoms with Crippen molar-refractivity contribution < 1.29 is 19.8 Å². The third kappa shape index (κ3) is 7.42. The number of aromatic nitrogens is 4. The van der Waals surface area contributed by atoms with Crippen LogP contribution in [0.3, 0.4) is 0 Å². The number of carbonyl (C=O) groups is 2. The van der Waals surface area contributed by atoms with Crippen molar-refractivity contribution >= 4 is 28.5 Å². The summed E-state index contributed by atoms with van der Waals surface area (Å²) in [5, 5.41) is 24.6. The number of benzene rings is 4. The number of H-pyrrole nitrogens is 2. The number of aromatic amines is 2. The number of likely N-dealkylation sites (tertiary alicyclic amines) is 2. The third-order valence-electron chi connectivity index (χ3n) is 10.9. The Bertz CT molecular complexity index is 2350. The lowest BCUT2D eigenvalue weighted by atomic mass is 9.98. The van der Waals surface area contributed by atoms with Crippen LogP contribution in [0.1, 0.15) is 68.8 Å². The molecule has 55 heavy (non-hydrogen) atoms. The molecule has 0 aliphatic carbocycles. The summed E-state index contributed by atoms with van der Waals surface area (Å²) in [6, 6.07) is 30.0. The van der Waals surface area contributed by atoms with Crippen LogP contribution in [0.5, 0.6) is 0 Å². The molecule has 2 amide bonds. The molecule has 11 heteroatoms. The number of aliphatic hydroxyl groups excluding tert-OH is 1. The topological polar surface area (TPSA) is 150 Å². The fourth-order valence-corrected chi connectivity index (χ4v) is 7.96. The number of nitrogens with one attached hydrogen (secondary N) is 3. The predicted molar refractivity (Wildman–Crippen MR) is 214 cm³/mol. The van der Waals surface area contributed by atoms with Crippen LogP contribution in [-0.2, 0) is 4.79 Å². The van der Waals surface area contributed by atoms with Crippen molar-refractivity contribution in [1.82, 2.24) is 35.1 Å². The molecule has 0 saturated carbocycles. The molecule has 4 aromatic carbocycles. The van der Waals surface area contributed by atoms with Crippen LogP contribution in [0.4, 0.5) is 4.79 Å². The van der Waals surface area contributed by atoms with Crippen LogP contribution in [-0.4, -0.2) is 71.1 Å². The number of aliphatic hydroxyl groups is 1. The molecule has 2 aromatic heterocycles. The Morgan fingerprint density at radius 2 is 1.33 bits per heavy atom. The smallest absolute Gasteiger partial charge is 0.405 e. The fraction of sp³-hybridized carbons (Fsp3) is 0.273. The monoisotopic (exact) mass is 735 g/mol. The minimum Gasteiger partial charge on any atom is -0.506 e. The summed E-state index contributed by atoms with van der Waals surface area (Å²) in [7, 11) is 0. The Morgan fingerprint density at radius 3 is 2.02 bits per heavy atom. The second-order valence-corrected chi connectivity index (χ2v) is 14.9. The van der Waals surface area contributed by atoms with Gasteiger partial charge < -0.3 is 35.3 Å². The zero-order valence-corrected chi connectivity index (χ0v) is 30.9. The number of rotatable bonds is 10. The molecule has 280 valence electrons. The number of hydrogen-bond donors (Lipinski definition) is 5. The Balaban J connectivity index is 0.948. The van der Waals surface area contributed by atoms with E-state index in [-0.39, 0.29) is 29.7 Å². The summed E-state index contributed by atoms with van der Waals surface area (Å²) in [6.45, 7) is 5.11. The van der Waals surface area contributed by atoms with E-state index in [1.807, 2.05) is 62.8 Å². The number of carbonyl (C=O) groups excluding carboxylic acids is 1. The molecule has 4 heterocycles. The molecule has 2 aliphatic rings. The molecular formula is C44H45N7O4. The summed E-state index contributed by atoms with van der Waals surface area (Å²) in [5.41, 5.74) is 6.91. The minimum absolute atomic E-state index is 0.0768. The van der Waals surface area contributed by atoms with Crippen LogP contribution < -0.4 is 5.32 Å². The molecule has 0 spiro atoms. The van der Waals surface area contributed by atoms with E-state index >= 15 is 0 Å². The maximum Gasteiger partial charge on any atom is 0.405 e. The van der Waals surface area contributed by atoms with Gasteiger partial charge in [-0.15, -0.1) is 0 Å². The molecular weight excluding hydrogens is 691 g/mol. The van der Waals surface area contributed by atoms with Crippen molar-refractivity contribution in [3.05, 3.63) is 127 Å². The Labute approximate surface area is 319 Å². The molecule has 8 rings (SSSR count). The lowest BCUT2D eigenvalue weighted by Gasteiger charge is -2.29.